The van der Waals surface area contributed by atoms with E-state index in [4.69, 9.17) is 4.74 Å². The molecular weight excluding hydrogens is 228 g/mol. The van der Waals surface area contributed by atoms with Gasteiger partial charge in [0.25, 0.3) is 0 Å². The summed E-state index contributed by atoms with van der Waals surface area (Å²) in [4.78, 5) is 12.0. The molecule has 0 amide bonds. The van der Waals surface area contributed by atoms with Gasteiger partial charge in [-0.3, -0.25) is 9.48 Å². The van der Waals surface area contributed by atoms with Crippen molar-refractivity contribution in [2.75, 3.05) is 0 Å². The van der Waals surface area contributed by atoms with Gasteiger partial charge in [-0.2, -0.15) is 5.10 Å². The molecule has 4 heteroatoms. The van der Waals surface area contributed by atoms with Crippen LogP contribution in [0.3, 0.4) is 0 Å². The van der Waals surface area contributed by atoms with E-state index in [0.717, 1.165) is 12.1 Å². The van der Waals surface area contributed by atoms with E-state index in [0.29, 0.717) is 17.7 Å². The van der Waals surface area contributed by atoms with E-state index in [9.17, 15) is 4.79 Å². The highest BCUT2D eigenvalue weighted by Gasteiger charge is 2.27. The van der Waals surface area contributed by atoms with Crippen molar-refractivity contribution in [1.82, 2.24) is 9.78 Å². The zero-order valence-corrected chi connectivity index (χ0v) is 10.2. The van der Waals surface area contributed by atoms with Crippen LogP contribution in [0.2, 0.25) is 0 Å². The topological polar surface area (TPSA) is 44.1 Å². The number of Topliss-reactive ketones (excluding diaryl/α,β-unsaturated/α-hetero) is 1. The van der Waals surface area contributed by atoms with E-state index in [1.54, 1.807) is 6.20 Å². The maximum atomic E-state index is 12.0. The number of para-hydroxylation sites is 1. The number of aromatic nitrogens is 2. The Balaban J connectivity index is 1.92. The van der Waals surface area contributed by atoms with E-state index in [-0.39, 0.29) is 11.9 Å². The van der Waals surface area contributed by atoms with Crippen LogP contribution in [0, 0.1) is 0 Å². The molecule has 0 aliphatic carbocycles. The van der Waals surface area contributed by atoms with Gasteiger partial charge in [0.2, 0.25) is 0 Å². The number of benzene rings is 1. The Hall–Kier alpha value is -2.10. The molecule has 2 aromatic rings. The number of carbonyl (C=O) groups excluding carboxylic acids is 1. The number of carbonyl (C=O) groups is 1. The number of hydrogen-bond donors (Lipinski definition) is 0. The van der Waals surface area contributed by atoms with Crippen molar-refractivity contribution in [2.45, 2.75) is 26.0 Å². The Labute approximate surface area is 105 Å². The fraction of sp³-hybridized carbons (Fsp3) is 0.286. The Bertz CT molecular complexity index is 589. The van der Waals surface area contributed by atoms with Crippen LogP contribution < -0.4 is 4.74 Å². The van der Waals surface area contributed by atoms with Crippen molar-refractivity contribution >= 4 is 5.78 Å². The molecule has 1 aliphatic heterocycles. The minimum atomic E-state index is -0.215. The highest BCUT2D eigenvalue weighted by molar-refractivity contribution is 5.99. The zero-order chi connectivity index (χ0) is 12.5. The van der Waals surface area contributed by atoms with Crippen LogP contribution >= 0.6 is 0 Å². The van der Waals surface area contributed by atoms with Gasteiger partial charge in [0.1, 0.15) is 11.9 Å². The van der Waals surface area contributed by atoms with E-state index in [2.05, 4.69) is 5.10 Å². The standard InChI is InChI=1S/C14H14N2O2/c1-2-16-9-10(8-15-16)14-7-12(17)11-5-3-4-6-13(11)18-14/h3-6,8-9,14H,2,7H2,1H3. The van der Waals surface area contributed by atoms with Crippen molar-refractivity contribution in [3.63, 3.8) is 0 Å². The molecule has 92 valence electrons. The summed E-state index contributed by atoms with van der Waals surface area (Å²) in [6.07, 6.45) is 3.88. The molecule has 18 heavy (non-hydrogen) atoms. The molecule has 0 bridgehead atoms. The largest absolute Gasteiger partial charge is 0.484 e. The predicted molar refractivity (Wildman–Crippen MR) is 66.7 cm³/mol. The van der Waals surface area contributed by atoms with Crippen LogP contribution in [0.1, 0.15) is 35.4 Å². The monoisotopic (exact) mass is 242 g/mol. The van der Waals surface area contributed by atoms with Gasteiger partial charge in [-0.25, -0.2) is 0 Å². The molecule has 1 aliphatic rings. The number of fused-ring (bicyclic) bond motifs is 1. The molecule has 3 rings (SSSR count). The molecule has 1 aromatic carbocycles. The predicted octanol–water partition coefficient (Wildman–Crippen LogP) is 2.61. The van der Waals surface area contributed by atoms with Gasteiger partial charge in [-0.1, -0.05) is 12.1 Å². The Kier molecular flexibility index (Phi) is 2.63. The summed E-state index contributed by atoms with van der Waals surface area (Å²) in [7, 11) is 0. The first-order valence-corrected chi connectivity index (χ1v) is 6.09. The normalized spacial score (nSPS) is 18.3. The first-order chi connectivity index (χ1) is 8.78. The SMILES string of the molecule is CCn1cc(C2CC(=O)c3ccccc3O2)cn1. The second-order valence-electron chi connectivity index (χ2n) is 4.36. The molecule has 1 atom stereocenters. The van der Waals surface area contributed by atoms with Gasteiger partial charge in [0.15, 0.2) is 5.78 Å². The fourth-order valence-electron chi connectivity index (χ4n) is 2.18. The number of ketones is 1. The van der Waals surface area contributed by atoms with Crippen LogP contribution in [0.15, 0.2) is 36.7 Å². The van der Waals surface area contributed by atoms with Crippen LogP contribution in [0.4, 0.5) is 0 Å². The molecule has 1 aromatic heterocycles. The summed E-state index contributed by atoms with van der Waals surface area (Å²) < 4.78 is 7.71. The third kappa shape index (κ3) is 1.79. The van der Waals surface area contributed by atoms with Gasteiger partial charge < -0.3 is 4.74 Å². The second kappa shape index (κ2) is 4.29. The molecular formula is C14H14N2O2. The Morgan fingerprint density at radius 2 is 2.28 bits per heavy atom. The van der Waals surface area contributed by atoms with E-state index in [1.807, 2.05) is 42.1 Å². The number of nitrogens with zero attached hydrogens (tertiary/aromatic N) is 2. The van der Waals surface area contributed by atoms with Crippen molar-refractivity contribution in [3.8, 4) is 5.75 Å². The highest BCUT2D eigenvalue weighted by atomic mass is 16.5. The Morgan fingerprint density at radius 3 is 3.06 bits per heavy atom. The quantitative estimate of drug-likeness (QED) is 0.813. The first-order valence-electron chi connectivity index (χ1n) is 6.09. The first kappa shape index (κ1) is 11.0. The lowest BCUT2D eigenvalue weighted by Gasteiger charge is -2.24. The van der Waals surface area contributed by atoms with Crippen molar-refractivity contribution < 1.29 is 9.53 Å². The highest BCUT2D eigenvalue weighted by Crippen LogP contribution is 2.34. The Morgan fingerprint density at radius 1 is 1.44 bits per heavy atom. The summed E-state index contributed by atoms with van der Waals surface area (Å²) in [5.41, 5.74) is 1.64. The lowest BCUT2D eigenvalue weighted by atomic mass is 9.98. The van der Waals surface area contributed by atoms with Gasteiger partial charge in [0, 0.05) is 18.3 Å². The summed E-state index contributed by atoms with van der Waals surface area (Å²) >= 11 is 0. The second-order valence-corrected chi connectivity index (χ2v) is 4.36. The molecule has 0 radical (unpaired) electrons. The molecule has 2 heterocycles. The van der Waals surface area contributed by atoms with Gasteiger partial charge in [0.05, 0.1) is 18.2 Å². The molecule has 0 spiro atoms. The average molecular weight is 242 g/mol. The van der Waals surface area contributed by atoms with Crippen LogP contribution in [0.25, 0.3) is 0 Å². The summed E-state index contributed by atoms with van der Waals surface area (Å²) in [6.45, 7) is 2.84. The minimum Gasteiger partial charge on any atom is -0.484 e. The smallest absolute Gasteiger partial charge is 0.170 e. The van der Waals surface area contributed by atoms with Crippen molar-refractivity contribution in [2.24, 2.45) is 0 Å². The molecule has 4 nitrogen and oxygen atoms in total. The molecule has 0 N–H and O–H groups in total. The third-order valence-corrected chi connectivity index (χ3v) is 3.18. The van der Waals surface area contributed by atoms with Crippen LogP contribution in [0.5, 0.6) is 5.75 Å². The van der Waals surface area contributed by atoms with Crippen molar-refractivity contribution in [3.05, 3.63) is 47.8 Å². The molecule has 0 saturated heterocycles. The molecule has 0 fully saturated rings. The van der Waals surface area contributed by atoms with Gasteiger partial charge in [-0.15, -0.1) is 0 Å². The lowest BCUT2D eigenvalue weighted by molar-refractivity contribution is 0.0850. The summed E-state index contributed by atoms with van der Waals surface area (Å²) in [5.74, 6) is 0.800. The number of aryl methyl sites for hydroxylation is 1. The van der Waals surface area contributed by atoms with E-state index >= 15 is 0 Å². The van der Waals surface area contributed by atoms with E-state index in [1.165, 1.54) is 0 Å². The van der Waals surface area contributed by atoms with Gasteiger partial charge >= 0.3 is 0 Å². The van der Waals surface area contributed by atoms with Crippen molar-refractivity contribution in [1.29, 1.82) is 0 Å². The number of rotatable bonds is 2. The number of ether oxygens (including phenoxy) is 1. The van der Waals surface area contributed by atoms with Crippen LogP contribution in [-0.4, -0.2) is 15.6 Å². The van der Waals surface area contributed by atoms with Gasteiger partial charge in [-0.05, 0) is 19.1 Å². The average Bonchev–Trinajstić information content (AvgIpc) is 2.87. The summed E-state index contributed by atoms with van der Waals surface area (Å²) in [6, 6.07) is 7.38. The maximum Gasteiger partial charge on any atom is 0.170 e. The van der Waals surface area contributed by atoms with Crippen LogP contribution in [-0.2, 0) is 6.54 Å². The minimum absolute atomic E-state index is 0.131. The number of hydrogen-bond acceptors (Lipinski definition) is 3. The lowest BCUT2D eigenvalue weighted by Crippen LogP contribution is -2.19. The molecule has 1 unspecified atom stereocenters. The summed E-state index contributed by atoms with van der Waals surface area (Å²) in [5, 5.41) is 4.22. The zero-order valence-electron chi connectivity index (χ0n) is 10.2. The molecule has 0 saturated carbocycles. The maximum absolute atomic E-state index is 12.0. The fourth-order valence-corrected chi connectivity index (χ4v) is 2.18. The third-order valence-electron chi connectivity index (χ3n) is 3.18. The van der Waals surface area contributed by atoms with E-state index < -0.39 is 0 Å².